The van der Waals surface area contributed by atoms with E-state index in [2.05, 4.69) is 11.8 Å². The van der Waals surface area contributed by atoms with Crippen molar-refractivity contribution in [2.45, 2.75) is 39.0 Å². The highest BCUT2D eigenvalue weighted by atomic mass is 35.5. The summed E-state index contributed by atoms with van der Waals surface area (Å²) >= 11 is 0. The zero-order valence-corrected chi connectivity index (χ0v) is 13.2. The molecule has 1 aromatic rings. The summed E-state index contributed by atoms with van der Waals surface area (Å²) in [6.45, 7) is 5.39. The van der Waals surface area contributed by atoms with Crippen molar-refractivity contribution in [3.63, 3.8) is 0 Å². The van der Waals surface area contributed by atoms with E-state index in [4.69, 9.17) is 0 Å². The van der Waals surface area contributed by atoms with E-state index in [1.165, 1.54) is 38.8 Å². The van der Waals surface area contributed by atoms with Crippen LogP contribution in [0.2, 0.25) is 0 Å². The fourth-order valence-corrected chi connectivity index (χ4v) is 2.87. The van der Waals surface area contributed by atoms with Gasteiger partial charge in [-0.1, -0.05) is 50.1 Å². The number of benzene rings is 1. The second-order valence-electron chi connectivity index (χ2n) is 5.55. The minimum absolute atomic E-state index is 0. The van der Waals surface area contributed by atoms with Crippen LogP contribution in [0, 0.1) is 5.92 Å². The first kappa shape index (κ1) is 17.2. The molecule has 1 heterocycles. The fourth-order valence-electron chi connectivity index (χ4n) is 2.87. The number of rotatable bonds is 5. The van der Waals surface area contributed by atoms with Crippen LogP contribution in [0.3, 0.4) is 0 Å². The molecule has 112 valence electrons. The highest BCUT2D eigenvalue weighted by Gasteiger charge is 2.21. The third-order valence-electron chi connectivity index (χ3n) is 4.10. The number of hydrogen-bond acceptors (Lipinski definition) is 2. The zero-order chi connectivity index (χ0) is 13.5. The van der Waals surface area contributed by atoms with Gasteiger partial charge in [0.15, 0.2) is 5.78 Å². The molecule has 1 atom stereocenters. The number of halogens is 1. The molecule has 2 nitrogen and oxygen atoms in total. The zero-order valence-electron chi connectivity index (χ0n) is 12.4. The highest BCUT2D eigenvalue weighted by molar-refractivity contribution is 5.97. The quantitative estimate of drug-likeness (QED) is 0.759. The Labute approximate surface area is 129 Å². The number of nitrogens with zero attached hydrogens (tertiary/aromatic N) is 1. The number of likely N-dealkylation sites (tertiary alicyclic amines) is 1. The van der Waals surface area contributed by atoms with E-state index in [1.54, 1.807) is 0 Å². The minimum Gasteiger partial charge on any atom is -0.303 e. The molecule has 0 spiro atoms. The van der Waals surface area contributed by atoms with Gasteiger partial charge < -0.3 is 4.90 Å². The Kier molecular flexibility index (Phi) is 7.86. The van der Waals surface area contributed by atoms with Crippen molar-refractivity contribution in [1.82, 2.24) is 4.90 Å². The molecule has 20 heavy (non-hydrogen) atoms. The summed E-state index contributed by atoms with van der Waals surface area (Å²) in [5.41, 5.74) is 0.865. The van der Waals surface area contributed by atoms with Gasteiger partial charge >= 0.3 is 0 Å². The van der Waals surface area contributed by atoms with Gasteiger partial charge in [-0.05, 0) is 32.4 Å². The summed E-state index contributed by atoms with van der Waals surface area (Å²) in [5.74, 6) is 0.466. The van der Waals surface area contributed by atoms with Crippen LogP contribution in [0.1, 0.15) is 49.4 Å². The number of hydrogen-bond donors (Lipinski definition) is 0. The first-order chi connectivity index (χ1) is 9.31. The number of Topliss-reactive ketones (excluding diaryl/α,β-unsaturated/α-hetero) is 1. The molecule has 1 aliphatic rings. The summed E-state index contributed by atoms with van der Waals surface area (Å²) in [5, 5.41) is 0. The van der Waals surface area contributed by atoms with Gasteiger partial charge in [-0.2, -0.15) is 0 Å². The third-order valence-corrected chi connectivity index (χ3v) is 4.10. The van der Waals surface area contributed by atoms with Gasteiger partial charge in [0.05, 0.1) is 0 Å². The average molecular weight is 296 g/mol. The molecule has 0 amide bonds. The van der Waals surface area contributed by atoms with Crippen LogP contribution >= 0.6 is 12.4 Å². The third kappa shape index (κ3) is 4.92. The van der Waals surface area contributed by atoms with Crippen molar-refractivity contribution in [3.05, 3.63) is 35.9 Å². The molecule has 0 bridgehead atoms. The van der Waals surface area contributed by atoms with Crippen molar-refractivity contribution < 1.29 is 4.79 Å². The van der Waals surface area contributed by atoms with Crippen molar-refractivity contribution >= 4 is 18.2 Å². The van der Waals surface area contributed by atoms with Crippen LogP contribution in [0.5, 0.6) is 0 Å². The van der Waals surface area contributed by atoms with Crippen LogP contribution in [0.4, 0.5) is 0 Å². The Hall–Kier alpha value is -0.860. The lowest BCUT2D eigenvalue weighted by molar-refractivity contribution is 0.0877. The van der Waals surface area contributed by atoms with Crippen molar-refractivity contribution in [3.8, 4) is 0 Å². The van der Waals surface area contributed by atoms with Gasteiger partial charge in [0.25, 0.3) is 0 Å². The van der Waals surface area contributed by atoms with Gasteiger partial charge in [0.1, 0.15) is 0 Å². The maximum absolute atomic E-state index is 12.5. The summed E-state index contributed by atoms with van der Waals surface area (Å²) in [7, 11) is 0. The maximum atomic E-state index is 12.5. The van der Waals surface area contributed by atoms with E-state index in [0.717, 1.165) is 18.5 Å². The molecule has 1 aromatic carbocycles. The van der Waals surface area contributed by atoms with Crippen LogP contribution in [-0.2, 0) is 0 Å². The molecule has 3 heteroatoms. The standard InChI is InChI=1S/C17H25NO.ClH/c1-2-15(14-18-12-8-3-4-9-13-18)17(19)16-10-6-5-7-11-16;/h5-7,10-11,15H,2-4,8-9,12-14H2,1H3;1H. The highest BCUT2D eigenvalue weighted by Crippen LogP contribution is 2.17. The molecule has 0 radical (unpaired) electrons. The normalized spacial score (nSPS) is 17.9. The smallest absolute Gasteiger partial charge is 0.167 e. The van der Waals surface area contributed by atoms with Gasteiger partial charge in [-0.15, -0.1) is 12.4 Å². The average Bonchev–Trinajstić information content (AvgIpc) is 2.73. The molecule has 1 fully saturated rings. The number of carbonyl (C=O) groups is 1. The SMILES string of the molecule is CCC(CN1CCCCCC1)C(=O)c1ccccc1.Cl. The first-order valence-corrected chi connectivity index (χ1v) is 7.63. The van der Waals surface area contributed by atoms with Gasteiger partial charge in [0, 0.05) is 18.0 Å². The molecule has 1 unspecified atom stereocenters. The topological polar surface area (TPSA) is 20.3 Å². The van der Waals surface area contributed by atoms with E-state index >= 15 is 0 Å². The van der Waals surface area contributed by atoms with Crippen molar-refractivity contribution in [1.29, 1.82) is 0 Å². The van der Waals surface area contributed by atoms with E-state index in [1.807, 2.05) is 30.3 Å². The van der Waals surface area contributed by atoms with E-state index in [0.29, 0.717) is 5.78 Å². The summed E-state index contributed by atoms with van der Waals surface area (Å²) < 4.78 is 0. The maximum Gasteiger partial charge on any atom is 0.167 e. The molecule has 2 rings (SSSR count). The molecule has 0 aliphatic carbocycles. The predicted octanol–water partition coefficient (Wildman–Crippen LogP) is 4.19. The Bertz CT molecular complexity index is 385. The van der Waals surface area contributed by atoms with Crippen molar-refractivity contribution in [2.24, 2.45) is 5.92 Å². The van der Waals surface area contributed by atoms with Gasteiger partial charge in [-0.3, -0.25) is 4.79 Å². The van der Waals surface area contributed by atoms with Gasteiger partial charge in [0.2, 0.25) is 0 Å². The molecule has 0 aromatic heterocycles. The Morgan fingerprint density at radius 2 is 1.70 bits per heavy atom. The van der Waals surface area contributed by atoms with Crippen molar-refractivity contribution in [2.75, 3.05) is 19.6 Å². The van der Waals surface area contributed by atoms with E-state index in [9.17, 15) is 4.79 Å². The molecular weight excluding hydrogens is 270 g/mol. The monoisotopic (exact) mass is 295 g/mol. The summed E-state index contributed by atoms with van der Waals surface area (Å²) in [6.07, 6.45) is 6.20. The molecular formula is C17H26ClNO. The fraction of sp³-hybridized carbons (Fsp3) is 0.588. The second-order valence-corrected chi connectivity index (χ2v) is 5.55. The Morgan fingerprint density at radius 3 is 2.25 bits per heavy atom. The van der Waals surface area contributed by atoms with E-state index in [-0.39, 0.29) is 18.3 Å². The summed E-state index contributed by atoms with van der Waals surface area (Å²) in [6, 6.07) is 9.74. The summed E-state index contributed by atoms with van der Waals surface area (Å²) in [4.78, 5) is 15.0. The lowest BCUT2D eigenvalue weighted by atomic mass is 9.94. The van der Waals surface area contributed by atoms with Crippen LogP contribution < -0.4 is 0 Å². The molecule has 0 saturated carbocycles. The number of carbonyl (C=O) groups excluding carboxylic acids is 1. The molecule has 0 N–H and O–H groups in total. The number of ketones is 1. The van der Waals surface area contributed by atoms with Crippen LogP contribution in [0.25, 0.3) is 0 Å². The van der Waals surface area contributed by atoms with Crippen LogP contribution in [0.15, 0.2) is 30.3 Å². The second kappa shape index (κ2) is 9.15. The predicted molar refractivity (Wildman–Crippen MR) is 86.7 cm³/mol. The van der Waals surface area contributed by atoms with E-state index < -0.39 is 0 Å². The minimum atomic E-state index is 0. The van der Waals surface area contributed by atoms with Crippen LogP contribution in [-0.4, -0.2) is 30.3 Å². The lowest BCUT2D eigenvalue weighted by Gasteiger charge is -2.24. The Balaban J connectivity index is 0.00000200. The lowest BCUT2D eigenvalue weighted by Crippen LogP contribution is -2.33. The first-order valence-electron chi connectivity index (χ1n) is 7.63. The van der Waals surface area contributed by atoms with Gasteiger partial charge in [-0.25, -0.2) is 0 Å². The largest absolute Gasteiger partial charge is 0.303 e. The Morgan fingerprint density at radius 1 is 1.10 bits per heavy atom. The molecule has 1 aliphatic heterocycles. The molecule has 1 saturated heterocycles.